The number of carbonyl (C=O) groups is 1. The van der Waals surface area contributed by atoms with Gasteiger partial charge in [0.05, 0.1) is 22.9 Å². The van der Waals surface area contributed by atoms with E-state index >= 15 is 0 Å². The number of fused-ring (bicyclic) bond motifs is 1. The van der Waals surface area contributed by atoms with Crippen LogP contribution >= 0.6 is 0 Å². The molecule has 8 nitrogen and oxygen atoms in total. The van der Waals surface area contributed by atoms with Gasteiger partial charge in [-0.2, -0.15) is 0 Å². The number of H-pyrrole nitrogens is 1. The van der Waals surface area contributed by atoms with Gasteiger partial charge < -0.3 is 15.2 Å². The van der Waals surface area contributed by atoms with Crippen molar-refractivity contribution in [2.24, 2.45) is 0 Å². The molecule has 2 fully saturated rings. The summed E-state index contributed by atoms with van der Waals surface area (Å²) in [6.07, 6.45) is 5.59. The van der Waals surface area contributed by atoms with E-state index in [2.05, 4.69) is 30.1 Å². The number of carbonyl (C=O) groups excluding carboxylic acids is 1. The van der Waals surface area contributed by atoms with Crippen LogP contribution in [0.15, 0.2) is 35.4 Å². The molecular formula is C23H25FN6O2. The molecule has 1 amide bonds. The molecule has 1 saturated heterocycles. The van der Waals surface area contributed by atoms with Crippen LogP contribution in [0.25, 0.3) is 11.0 Å². The second-order valence-electron chi connectivity index (χ2n) is 8.47. The highest BCUT2D eigenvalue weighted by Gasteiger charge is 2.27. The molecule has 1 saturated carbocycles. The van der Waals surface area contributed by atoms with E-state index in [4.69, 9.17) is 0 Å². The van der Waals surface area contributed by atoms with Gasteiger partial charge in [0, 0.05) is 57.6 Å². The van der Waals surface area contributed by atoms with Gasteiger partial charge in [-0.25, -0.2) is 9.37 Å². The number of nitrogens with one attached hydrogen (secondary N) is 2. The quantitative estimate of drug-likeness (QED) is 0.636. The molecule has 3 aromatic rings. The molecule has 9 heteroatoms. The van der Waals surface area contributed by atoms with Gasteiger partial charge in [-0.1, -0.05) is 0 Å². The van der Waals surface area contributed by atoms with E-state index in [1.54, 1.807) is 6.20 Å². The third-order valence-corrected chi connectivity index (χ3v) is 6.21. The molecule has 2 aliphatic rings. The Morgan fingerprint density at radius 2 is 1.94 bits per heavy atom. The monoisotopic (exact) mass is 436 g/mol. The molecule has 0 spiro atoms. The fraction of sp³-hybridized carbons (Fsp3) is 0.391. The molecule has 0 radical (unpaired) electrons. The number of anilines is 1. The first-order valence-electron chi connectivity index (χ1n) is 10.9. The number of rotatable bonds is 5. The van der Waals surface area contributed by atoms with E-state index < -0.39 is 11.7 Å². The topological polar surface area (TPSA) is 94.2 Å². The van der Waals surface area contributed by atoms with E-state index in [1.807, 2.05) is 18.3 Å². The van der Waals surface area contributed by atoms with E-state index in [1.165, 1.54) is 13.1 Å². The molecule has 3 aromatic heterocycles. The number of pyridine rings is 3. The Morgan fingerprint density at radius 1 is 1.16 bits per heavy atom. The number of piperazine rings is 1. The zero-order valence-corrected chi connectivity index (χ0v) is 17.9. The number of hydrogen-bond acceptors (Lipinski definition) is 6. The standard InChI is InChI=1S/C23H25FN6O2/c1-25-23(32)21-18(24)9-16(12-27-21)30-6-4-29(5-7-30)13-14-8-20-19(26-11-14)10-17(15-2-3-15)22(31)28-20/h8-12,15H,2-7,13H2,1H3,(H,25,32)(H,28,31). The minimum absolute atomic E-state index is 0.00385. The molecule has 1 aliphatic heterocycles. The summed E-state index contributed by atoms with van der Waals surface area (Å²) >= 11 is 0. The van der Waals surface area contributed by atoms with Crippen LogP contribution in [0.5, 0.6) is 0 Å². The third kappa shape index (κ3) is 4.08. The molecule has 1 aliphatic carbocycles. The summed E-state index contributed by atoms with van der Waals surface area (Å²) < 4.78 is 14.2. The van der Waals surface area contributed by atoms with Gasteiger partial charge >= 0.3 is 0 Å². The zero-order valence-electron chi connectivity index (χ0n) is 17.9. The van der Waals surface area contributed by atoms with Gasteiger partial charge in [-0.15, -0.1) is 0 Å². The highest BCUT2D eigenvalue weighted by Crippen LogP contribution is 2.38. The lowest BCUT2D eigenvalue weighted by Gasteiger charge is -2.36. The van der Waals surface area contributed by atoms with Gasteiger partial charge in [-0.05, 0) is 36.5 Å². The van der Waals surface area contributed by atoms with Crippen molar-refractivity contribution in [3.05, 3.63) is 63.6 Å². The lowest BCUT2D eigenvalue weighted by atomic mass is 10.1. The summed E-state index contributed by atoms with van der Waals surface area (Å²) in [5.41, 5.74) is 3.97. The maximum Gasteiger partial charge on any atom is 0.272 e. The fourth-order valence-electron chi connectivity index (χ4n) is 4.23. The van der Waals surface area contributed by atoms with Crippen molar-refractivity contribution < 1.29 is 9.18 Å². The van der Waals surface area contributed by atoms with Gasteiger partial charge in [-0.3, -0.25) is 19.5 Å². The predicted molar refractivity (Wildman–Crippen MR) is 119 cm³/mol. The van der Waals surface area contributed by atoms with Crippen LogP contribution in [-0.4, -0.2) is 59.0 Å². The van der Waals surface area contributed by atoms with Crippen LogP contribution in [0.4, 0.5) is 10.1 Å². The van der Waals surface area contributed by atoms with Crippen LogP contribution in [0.2, 0.25) is 0 Å². The molecule has 0 bridgehead atoms. The van der Waals surface area contributed by atoms with E-state index in [0.717, 1.165) is 67.7 Å². The first-order chi connectivity index (χ1) is 15.5. The number of halogens is 1. The second-order valence-corrected chi connectivity index (χ2v) is 8.47. The first kappa shape index (κ1) is 20.6. The summed E-state index contributed by atoms with van der Waals surface area (Å²) in [6, 6.07) is 5.30. The Labute approximate surface area is 184 Å². The van der Waals surface area contributed by atoms with Crippen molar-refractivity contribution in [3.63, 3.8) is 0 Å². The zero-order chi connectivity index (χ0) is 22.2. The van der Waals surface area contributed by atoms with Crippen LogP contribution in [0.3, 0.4) is 0 Å². The van der Waals surface area contributed by atoms with Crippen LogP contribution in [0, 0.1) is 5.82 Å². The molecule has 32 heavy (non-hydrogen) atoms. The average Bonchev–Trinajstić information content (AvgIpc) is 3.64. The maximum absolute atomic E-state index is 14.2. The molecule has 2 N–H and O–H groups in total. The number of amides is 1. The molecule has 0 aromatic carbocycles. The van der Waals surface area contributed by atoms with Crippen molar-refractivity contribution in [3.8, 4) is 0 Å². The van der Waals surface area contributed by atoms with Gasteiger partial charge in [0.25, 0.3) is 11.5 Å². The first-order valence-corrected chi connectivity index (χ1v) is 10.9. The lowest BCUT2D eigenvalue weighted by Crippen LogP contribution is -2.46. The average molecular weight is 436 g/mol. The highest BCUT2D eigenvalue weighted by molar-refractivity contribution is 5.92. The number of nitrogens with zero attached hydrogens (tertiary/aromatic N) is 4. The summed E-state index contributed by atoms with van der Waals surface area (Å²) in [4.78, 5) is 39.9. The molecule has 5 rings (SSSR count). The van der Waals surface area contributed by atoms with Crippen molar-refractivity contribution in [1.82, 2.24) is 25.2 Å². The Kier molecular flexibility index (Phi) is 5.34. The van der Waals surface area contributed by atoms with Gasteiger partial charge in [0.15, 0.2) is 11.5 Å². The smallest absolute Gasteiger partial charge is 0.272 e. The largest absolute Gasteiger partial charge is 0.368 e. The molecule has 0 unspecified atom stereocenters. The van der Waals surface area contributed by atoms with Gasteiger partial charge in [0.1, 0.15) is 0 Å². The third-order valence-electron chi connectivity index (χ3n) is 6.21. The summed E-state index contributed by atoms with van der Waals surface area (Å²) in [5, 5.41) is 2.39. The van der Waals surface area contributed by atoms with Gasteiger partial charge in [0.2, 0.25) is 0 Å². The Morgan fingerprint density at radius 3 is 2.62 bits per heavy atom. The Bertz CT molecular complexity index is 1230. The van der Waals surface area contributed by atoms with Crippen LogP contribution in [0.1, 0.15) is 40.4 Å². The summed E-state index contributed by atoms with van der Waals surface area (Å²) in [5.74, 6) is -0.761. The number of hydrogen-bond donors (Lipinski definition) is 2. The van der Waals surface area contributed by atoms with Crippen molar-refractivity contribution in [2.45, 2.75) is 25.3 Å². The highest BCUT2D eigenvalue weighted by atomic mass is 19.1. The summed E-state index contributed by atoms with van der Waals surface area (Å²) in [7, 11) is 1.45. The SMILES string of the molecule is CNC(=O)c1ncc(N2CCN(Cc3cnc4cc(C5CC5)c(=O)[nH]c4c3)CC2)cc1F. The van der Waals surface area contributed by atoms with Crippen molar-refractivity contribution >= 4 is 22.6 Å². The molecule has 166 valence electrons. The van der Waals surface area contributed by atoms with E-state index in [-0.39, 0.29) is 11.3 Å². The minimum Gasteiger partial charge on any atom is -0.368 e. The number of aromatic nitrogens is 3. The van der Waals surface area contributed by atoms with E-state index in [0.29, 0.717) is 11.6 Å². The van der Waals surface area contributed by atoms with E-state index in [9.17, 15) is 14.0 Å². The lowest BCUT2D eigenvalue weighted by molar-refractivity contribution is 0.0953. The Hall–Kier alpha value is -3.33. The summed E-state index contributed by atoms with van der Waals surface area (Å²) in [6.45, 7) is 3.78. The van der Waals surface area contributed by atoms with Crippen LogP contribution < -0.4 is 15.8 Å². The second kappa shape index (κ2) is 8.31. The Balaban J connectivity index is 1.23. The van der Waals surface area contributed by atoms with Crippen molar-refractivity contribution in [2.75, 3.05) is 38.1 Å². The molecular weight excluding hydrogens is 411 g/mol. The number of aromatic amines is 1. The van der Waals surface area contributed by atoms with Crippen molar-refractivity contribution in [1.29, 1.82) is 0 Å². The minimum atomic E-state index is -0.620. The molecule has 0 atom stereocenters. The predicted octanol–water partition coefficient (Wildman–Crippen LogP) is 2.02. The normalized spacial score (nSPS) is 17.0. The fourth-order valence-corrected chi connectivity index (χ4v) is 4.23. The molecule has 4 heterocycles. The maximum atomic E-state index is 14.2. The van der Waals surface area contributed by atoms with Crippen LogP contribution in [-0.2, 0) is 6.54 Å².